The van der Waals surface area contributed by atoms with Crippen LogP contribution in [-0.4, -0.2) is 30.4 Å². The molecule has 2 aromatic heterocycles. The van der Waals surface area contributed by atoms with E-state index in [1.807, 2.05) is 27.0 Å². The molecule has 0 aliphatic heterocycles. The number of rotatable bonds is 6. The van der Waals surface area contributed by atoms with Gasteiger partial charge in [0.1, 0.15) is 18.4 Å². The molecule has 0 saturated carbocycles. The molecule has 9 nitrogen and oxygen atoms in total. The molecule has 0 fully saturated rings. The lowest BCUT2D eigenvalue weighted by molar-refractivity contribution is -0.385. The van der Waals surface area contributed by atoms with Crippen molar-refractivity contribution in [1.29, 1.82) is 0 Å². The van der Waals surface area contributed by atoms with Gasteiger partial charge in [-0.05, 0) is 19.4 Å². The second kappa shape index (κ2) is 6.37. The summed E-state index contributed by atoms with van der Waals surface area (Å²) >= 11 is 0. The Bertz CT molecular complexity index is 690. The first-order chi connectivity index (χ1) is 10.4. The molecule has 0 spiro atoms. The molecule has 0 bridgehead atoms. The second-order valence-electron chi connectivity index (χ2n) is 4.98. The number of hydrogen-bond acceptors (Lipinski definition) is 5. The molecule has 0 saturated heterocycles. The van der Waals surface area contributed by atoms with Gasteiger partial charge in [-0.2, -0.15) is 10.2 Å². The molecular weight excluding hydrogens is 288 g/mol. The fourth-order valence-electron chi connectivity index (χ4n) is 2.21. The van der Waals surface area contributed by atoms with E-state index in [-0.39, 0.29) is 11.6 Å². The van der Waals surface area contributed by atoms with Gasteiger partial charge in [0.05, 0.1) is 22.9 Å². The van der Waals surface area contributed by atoms with Crippen molar-refractivity contribution in [2.75, 3.05) is 0 Å². The Balaban J connectivity index is 2.05. The molecule has 2 heterocycles. The summed E-state index contributed by atoms with van der Waals surface area (Å²) in [6, 6.07) is 1.31. The van der Waals surface area contributed by atoms with E-state index in [0.29, 0.717) is 13.0 Å². The fourth-order valence-corrected chi connectivity index (χ4v) is 2.21. The van der Waals surface area contributed by atoms with Crippen molar-refractivity contribution >= 4 is 11.6 Å². The lowest BCUT2D eigenvalue weighted by Crippen LogP contribution is -2.32. The number of nitro groups is 1. The molecule has 22 heavy (non-hydrogen) atoms. The van der Waals surface area contributed by atoms with Gasteiger partial charge in [0, 0.05) is 7.05 Å². The maximum absolute atomic E-state index is 12.3. The summed E-state index contributed by atoms with van der Waals surface area (Å²) in [6.07, 6.45) is 2.89. The van der Waals surface area contributed by atoms with Crippen LogP contribution in [0.1, 0.15) is 30.8 Å². The van der Waals surface area contributed by atoms with E-state index in [1.165, 1.54) is 10.9 Å². The summed E-state index contributed by atoms with van der Waals surface area (Å²) < 4.78 is 3.03. The Morgan fingerprint density at radius 2 is 2.27 bits per heavy atom. The molecule has 1 unspecified atom stereocenters. The quantitative estimate of drug-likeness (QED) is 0.635. The van der Waals surface area contributed by atoms with Gasteiger partial charge in [-0.3, -0.25) is 24.3 Å². The normalized spacial score (nSPS) is 12.1. The van der Waals surface area contributed by atoms with Crippen LogP contribution in [0.4, 0.5) is 5.69 Å². The molecule has 1 atom stereocenters. The van der Waals surface area contributed by atoms with Gasteiger partial charge in [0.25, 0.3) is 0 Å². The summed E-state index contributed by atoms with van der Waals surface area (Å²) in [7, 11) is 1.81. The van der Waals surface area contributed by atoms with Crippen molar-refractivity contribution < 1.29 is 9.72 Å². The summed E-state index contributed by atoms with van der Waals surface area (Å²) in [5.74, 6) is -0.237. The Labute approximate surface area is 127 Å². The van der Waals surface area contributed by atoms with Crippen LogP contribution in [0.5, 0.6) is 0 Å². The second-order valence-corrected chi connectivity index (χ2v) is 4.98. The summed E-state index contributed by atoms with van der Waals surface area (Å²) in [4.78, 5) is 22.4. The molecule has 0 aliphatic rings. The fraction of sp³-hybridized carbons (Fsp3) is 0.462. The molecule has 1 N–H and O–H groups in total. The van der Waals surface area contributed by atoms with Gasteiger partial charge >= 0.3 is 5.69 Å². The zero-order valence-electron chi connectivity index (χ0n) is 12.7. The topological polar surface area (TPSA) is 108 Å². The van der Waals surface area contributed by atoms with Gasteiger partial charge < -0.3 is 5.32 Å². The number of hydrogen-bond donors (Lipinski definition) is 1. The molecule has 9 heteroatoms. The number of amides is 1. The zero-order chi connectivity index (χ0) is 16.3. The number of aromatic nitrogens is 4. The van der Waals surface area contributed by atoms with Crippen molar-refractivity contribution in [3.05, 3.63) is 40.0 Å². The first-order valence-corrected chi connectivity index (χ1v) is 6.88. The first kappa shape index (κ1) is 15.7. The van der Waals surface area contributed by atoms with Gasteiger partial charge in [-0.15, -0.1) is 0 Å². The van der Waals surface area contributed by atoms with E-state index in [1.54, 1.807) is 4.68 Å². The predicted molar refractivity (Wildman–Crippen MR) is 78.0 cm³/mol. The highest BCUT2D eigenvalue weighted by molar-refractivity contribution is 5.80. The largest absolute Gasteiger partial charge is 0.349 e. The van der Waals surface area contributed by atoms with Crippen LogP contribution in [0.2, 0.25) is 0 Å². The van der Waals surface area contributed by atoms with Crippen LogP contribution in [0.25, 0.3) is 0 Å². The van der Waals surface area contributed by atoms with Crippen molar-refractivity contribution in [3.8, 4) is 0 Å². The molecule has 2 rings (SSSR count). The van der Waals surface area contributed by atoms with E-state index in [9.17, 15) is 14.9 Å². The van der Waals surface area contributed by atoms with Crippen LogP contribution >= 0.6 is 0 Å². The minimum atomic E-state index is -0.581. The maximum atomic E-state index is 12.3. The Morgan fingerprint density at radius 1 is 1.55 bits per heavy atom. The minimum Gasteiger partial charge on any atom is -0.349 e. The van der Waals surface area contributed by atoms with Crippen molar-refractivity contribution in [2.45, 2.75) is 32.9 Å². The molecule has 0 aliphatic carbocycles. The Kier molecular flexibility index (Phi) is 4.54. The third kappa shape index (κ3) is 3.30. The standard InChI is InChI=1S/C13H18N6O3/c1-4-12(18-8-11(7-15-18)19(21)22)13(20)14-6-10-5-9(2)16-17(10)3/h5,7-8,12H,4,6H2,1-3H3,(H,14,20). The maximum Gasteiger partial charge on any atom is 0.307 e. The molecular formula is C13H18N6O3. The van der Waals surface area contributed by atoms with Gasteiger partial charge in [-0.25, -0.2) is 0 Å². The van der Waals surface area contributed by atoms with E-state index >= 15 is 0 Å². The van der Waals surface area contributed by atoms with Crippen LogP contribution in [0.3, 0.4) is 0 Å². The molecule has 0 radical (unpaired) electrons. The van der Waals surface area contributed by atoms with E-state index in [0.717, 1.165) is 17.6 Å². The van der Waals surface area contributed by atoms with Crippen molar-refractivity contribution in [2.24, 2.45) is 7.05 Å². The van der Waals surface area contributed by atoms with Crippen LogP contribution < -0.4 is 5.32 Å². The highest BCUT2D eigenvalue weighted by Gasteiger charge is 2.21. The average Bonchev–Trinajstić information content (AvgIpc) is 3.04. The first-order valence-electron chi connectivity index (χ1n) is 6.88. The third-order valence-corrected chi connectivity index (χ3v) is 3.35. The highest BCUT2D eigenvalue weighted by Crippen LogP contribution is 2.16. The van der Waals surface area contributed by atoms with Crippen molar-refractivity contribution in [1.82, 2.24) is 24.9 Å². The number of nitrogens with zero attached hydrogens (tertiary/aromatic N) is 5. The average molecular weight is 306 g/mol. The van der Waals surface area contributed by atoms with E-state index in [2.05, 4.69) is 15.5 Å². The van der Waals surface area contributed by atoms with Crippen LogP contribution in [0, 0.1) is 17.0 Å². The lowest BCUT2D eigenvalue weighted by atomic mass is 10.2. The number of carbonyl (C=O) groups is 1. The summed E-state index contributed by atoms with van der Waals surface area (Å²) in [5.41, 5.74) is 1.63. The molecule has 118 valence electrons. The molecule has 0 aromatic carbocycles. The molecule has 1 amide bonds. The third-order valence-electron chi connectivity index (χ3n) is 3.35. The SMILES string of the molecule is CCC(C(=O)NCc1cc(C)nn1C)n1cc([N+](=O)[O-])cn1. The monoisotopic (exact) mass is 306 g/mol. The summed E-state index contributed by atoms with van der Waals surface area (Å²) in [6.45, 7) is 4.05. The number of carbonyl (C=O) groups excluding carboxylic acids is 1. The van der Waals surface area contributed by atoms with Gasteiger partial charge in [-0.1, -0.05) is 6.92 Å². The van der Waals surface area contributed by atoms with Gasteiger partial charge in [0.2, 0.25) is 5.91 Å². The Morgan fingerprint density at radius 3 is 2.77 bits per heavy atom. The van der Waals surface area contributed by atoms with Crippen LogP contribution in [0.15, 0.2) is 18.5 Å². The minimum absolute atomic E-state index is 0.131. The van der Waals surface area contributed by atoms with E-state index < -0.39 is 11.0 Å². The lowest BCUT2D eigenvalue weighted by Gasteiger charge is -2.15. The number of nitrogens with one attached hydrogen (secondary N) is 1. The highest BCUT2D eigenvalue weighted by atomic mass is 16.6. The van der Waals surface area contributed by atoms with E-state index in [4.69, 9.17) is 0 Å². The number of aryl methyl sites for hydroxylation is 2. The van der Waals surface area contributed by atoms with Crippen LogP contribution in [-0.2, 0) is 18.4 Å². The zero-order valence-corrected chi connectivity index (χ0v) is 12.7. The van der Waals surface area contributed by atoms with Crippen molar-refractivity contribution in [3.63, 3.8) is 0 Å². The predicted octanol–water partition coefficient (Wildman–Crippen LogP) is 1.10. The molecule has 2 aromatic rings. The Hall–Kier alpha value is -2.71. The van der Waals surface area contributed by atoms with Gasteiger partial charge in [0.15, 0.2) is 0 Å². The summed E-state index contributed by atoms with van der Waals surface area (Å²) in [5, 5.41) is 21.6. The smallest absolute Gasteiger partial charge is 0.307 e.